The molecule has 1 aliphatic heterocycles. The summed E-state index contributed by atoms with van der Waals surface area (Å²) < 4.78 is 4.56. The average Bonchev–Trinajstić information content (AvgIpc) is 3.06. The lowest BCUT2D eigenvalue weighted by molar-refractivity contribution is -0.119. The van der Waals surface area contributed by atoms with Gasteiger partial charge in [0.05, 0.1) is 10.7 Å². The van der Waals surface area contributed by atoms with E-state index in [0.29, 0.717) is 12.4 Å². The summed E-state index contributed by atoms with van der Waals surface area (Å²) in [5, 5.41) is 8.28. The molecule has 0 radical (unpaired) electrons. The Labute approximate surface area is 124 Å². The molecule has 3 rings (SSSR count). The van der Waals surface area contributed by atoms with Crippen molar-refractivity contribution >= 4 is 27.8 Å². The van der Waals surface area contributed by atoms with Crippen LogP contribution in [-0.4, -0.2) is 37.0 Å². The van der Waals surface area contributed by atoms with E-state index in [2.05, 4.69) is 31.1 Å². The predicted octanol–water partition coefficient (Wildman–Crippen LogP) is 1.45. The molecule has 0 aromatic carbocycles. The summed E-state index contributed by atoms with van der Waals surface area (Å²) in [6.07, 6.45) is 7.33. The molecule has 0 saturated heterocycles. The van der Waals surface area contributed by atoms with Crippen molar-refractivity contribution in [2.75, 3.05) is 11.4 Å². The molecular weight excluding hydrogens is 324 g/mol. The van der Waals surface area contributed by atoms with E-state index in [1.165, 1.54) is 6.33 Å². The molecule has 1 aliphatic rings. The number of hydrogen-bond donors (Lipinski definition) is 0. The number of amides is 1. The quantitative estimate of drug-likeness (QED) is 0.846. The molecule has 0 N–H and O–H groups in total. The zero-order valence-electron chi connectivity index (χ0n) is 10.9. The fraction of sp³-hybridized carbons (Fsp3) is 0.500. The normalized spacial score (nSPS) is 14.3. The van der Waals surface area contributed by atoms with Gasteiger partial charge >= 0.3 is 0 Å². The van der Waals surface area contributed by atoms with Crippen molar-refractivity contribution < 1.29 is 4.79 Å². The Morgan fingerprint density at radius 3 is 3.05 bits per heavy atom. The highest BCUT2D eigenvalue weighted by Gasteiger charge is 2.23. The highest BCUT2D eigenvalue weighted by Crippen LogP contribution is 2.18. The van der Waals surface area contributed by atoms with Crippen LogP contribution in [0.15, 0.2) is 23.2 Å². The molecule has 0 fully saturated rings. The average molecular weight is 339 g/mol. The molecule has 106 valence electrons. The highest BCUT2D eigenvalue weighted by atomic mass is 79.9. The van der Waals surface area contributed by atoms with Gasteiger partial charge in [-0.2, -0.15) is 15.2 Å². The maximum Gasteiger partial charge on any atom is 0.230 e. The van der Waals surface area contributed by atoms with Gasteiger partial charge in [-0.3, -0.25) is 14.4 Å². The van der Waals surface area contributed by atoms with Crippen molar-refractivity contribution in [1.29, 1.82) is 0 Å². The number of hydrogen-bond acceptors (Lipinski definition) is 4. The maximum atomic E-state index is 12.3. The number of aromatic nitrogens is 5. The summed E-state index contributed by atoms with van der Waals surface area (Å²) in [5.41, 5.74) is 0. The molecule has 0 bridgehead atoms. The molecule has 1 amide bonds. The first kappa shape index (κ1) is 13.3. The third-order valence-electron chi connectivity index (χ3n) is 3.27. The van der Waals surface area contributed by atoms with Crippen LogP contribution in [0.25, 0.3) is 0 Å². The van der Waals surface area contributed by atoms with E-state index in [1.807, 2.05) is 10.9 Å². The lowest BCUT2D eigenvalue weighted by atomic mass is 10.2. The summed E-state index contributed by atoms with van der Waals surface area (Å²) in [6.45, 7) is 2.29. The molecule has 8 heteroatoms. The van der Waals surface area contributed by atoms with E-state index in [0.717, 1.165) is 36.9 Å². The second kappa shape index (κ2) is 5.74. The largest absolute Gasteiger partial charge is 0.281 e. The standard InChI is InChI=1S/C12H15BrN6O/c13-10-7-15-17(8-10)4-1-3-11(20)18-5-2-6-19-12(18)14-9-16-19/h7-9H,1-6H2. The first-order valence-corrected chi connectivity index (χ1v) is 7.39. The van der Waals surface area contributed by atoms with Crippen molar-refractivity contribution in [1.82, 2.24) is 24.5 Å². The summed E-state index contributed by atoms with van der Waals surface area (Å²) in [6, 6.07) is 0. The van der Waals surface area contributed by atoms with Gasteiger partial charge in [0.2, 0.25) is 11.9 Å². The molecule has 2 aromatic rings. The van der Waals surface area contributed by atoms with Crippen LogP contribution in [0.5, 0.6) is 0 Å². The molecular formula is C12H15BrN6O. The number of aryl methyl sites for hydroxylation is 2. The number of fused-ring (bicyclic) bond motifs is 1. The van der Waals surface area contributed by atoms with E-state index >= 15 is 0 Å². The van der Waals surface area contributed by atoms with Gasteiger partial charge in [-0.1, -0.05) is 0 Å². The first-order chi connectivity index (χ1) is 9.74. The Bertz CT molecular complexity index is 607. The predicted molar refractivity (Wildman–Crippen MR) is 76.2 cm³/mol. The Hall–Kier alpha value is -1.70. The fourth-order valence-electron chi connectivity index (χ4n) is 2.33. The second-order valence-electron chi connectivity index (χ2n) is 4.71. The first-order valence-electron chi connectivity index (χ1n) is 6.60. The zero-order valence-corrected chi connectivity index (χ0v) is 12.5. The monoisotopic (exact) mass is 338 g/mol. The van der Waals surface area contributed by atoms with E-state index < -0.39 is 0 Å². The third kappa shape index (κ3) is 2.74. The maximum absolute atomic E-state index is 12.3. The van der Waals surface area contributed by atoms with Gasteiger partial charge < -0.3 is 0 Å². The van der Waals surface area contributed by atoms with Crippen LogP contribution in [0.4, 0.5) is 5.95 Å². The number of nitrogens with zero attached hydrogens (tertiary/aromatic N) is 6. The number of carbonyl (C=O) groups is 1. The summed E-state index contributed by atoms with van der Waals surface area (Å²) >= 11 is 3.35. The van der Waals surface area contributed by atoms with Crippen LogP contribution in [0, 0.1) is 0 Å². The Morgan fingerprint density at radius 1 is 1.35 bits per heavy atom. The summed E-state index contributed by atoms with van der Waals surface area (Å²) in [4.78, 5) is 18.2. The molecule has 7 nitrogen and oxygen atoms in total. The van der Waals surface area contributed by atoms with Gasteiger partial charge in [0, 0.05) is 32.3 Å². The second-order valence-corrected chi connectivity index (χ2v) is 5.62. The van der Waals surface area contributed by atoms with E-state index in [1.54, 1.807) is 15.8 Å². The lowest BCUT2D eigenvalue weighted by Crippen LogP contribution is -2.38. The number of rotatable bonds is 4. The Balaban J connectivity index is 1.55. The van der Waals surface area contributed by atoms with Gasteiger partial charge in [0.25, 0.3) is 0 Å². The SMILES string of the molecule is O=C(CCCn1cc(Br)cn1)N1CCCn2ncnc21. The minimum absolute atomic E-state index is 0.102. The summed E-state index contributed by atoms with van der Waals surface area (Å²) in [5.74, 6) is 0.772. The molecule has 0 atom stereocenters. The van der Waals surface area contributed by atoms with Crippen molar-refractivity contribution in [3.63, 3.8) is 0 Å². The summed E-state index contributed by atoms with van der Waals surface area (Å²) in [7, 11) is 0. The molecule has 2 aromatic heterocycles. The van der Waals surface area contributed by atoms with Crippen LogP contribution in [0.2, 0.25) is 0 Å². The molecule has 3 heterocycles. The van der Waals surface area contributed by atoms with Crippen molar-refractivity contribution in [2.24, 2.45) is 0 Å². The zero-order chi connectivity index (χ0) is 13.9. The third-order valence-corrected chi connectivity index (χ3v) is 3.68. The Kier molecular flexibility index (Phi) is 3.81. The topological polar surface area (TPSA) is 68.8 Å². The van der Waals surface area contributed by atoms with Crippen LogP contribution in [0.3, 0.4) is 0 Å². The van der Waals surface area contributed by atoms with Gasteiger partial charge in [0.15, 0.2) is 0 Å². The van der Waals surface area contributed by atoms with Crippen LogP contribution in [0.1, 0.15) is 19.3 Å². The smallest absolute Gasteiger partial charge is 0.230 e. The van der Waals surface area contributed by atoms with E-state index in [4.69, 9.17) is 0 Å². The van der Waals surface area contributed by atoms with Crippen LogP contribution >= 0.6 is 15.9 Å². The van der Waals surface area contributed by atoms with Crippen LogP contribution in [-0.2, 0) is 17.9 Å². The number of anilines is 1. The molecule has 0 unspecified atom stereocenters. The molecule has 0 saturated carbocycles. The number of carbonyl (C=O) groups excluding carboxylic acids is 1. The molecule has 0 spiro atoms. The van der Waals surface area contributed by atoms with E-state index in [9.17, 15) is 4.79 Å². The van der Waals surface area contributed by atoms with E-state index in [-0.39, 0.29) is 5.91 Å². The minimum atomic E-state index is 0.102. The van der Waals surface area contributed by atoms with Gasteiger partial charge in [-0.25, -0.2) is 4.68 Å². The number of halogens is 1. The van der Waals surface area contributed by atoms with Crippen molar-refractivity contribution in [3.8, 4) is 0 Å². The van der Waals surface area contributed by atoms with Gasteiger partial charge in [0.1, 0.15) is 6.33 Å². The van der Waals surface area contributed by atoms with Crippen molar-refractivity contribution in [2.45, 2.75) is 32.4 Å². The Morgan fingerprint density at radius 2 is 2.25 bits per heavy atom. The van der Waals surface area contributed by atoms with Crippen molar-refractivity contribution in [3.05, 3.63) is 23.2 Å². The molecule has 0 aliphatic carbocycles. The minimum Gasteiger partial charge on any atom is -0.281 e. The van der Waals surface area contributed by atoms with Gasteiger partial charge in [-0.15, -0.1) is 0 Å². The van der Waals surface area contributed by atoms with Crippen LogP contribution < -0.4 is 4.90 Å². The lowest BCUT2D eigenvalue weighted by Gasteiger charge is -2.26. The molecule has 20 heavy (non-hydrogen) atoms. The highest BCUT2D eigenvalue weighted by molar-refractivity contribution is 9.10. The fourth-order valence-corrected chi connectivity index (χ4v) is 2.66. The van der Waals surface area contributed by atoms with Gasteiger partial charge in [-0.05, 0) is 28.8 Å².